The van der Waals surface area contributed by atoms with E-state index in [-0.39, 0.29) is 23.8 Å². The zero-order chi connectivity index (χ0) is 15.6. The first-order valence-electron chi connectivity index (χ1n) is 6.68. The number of rotatable bonds is 3. The van der Waals surface area contributed by atoms with Crippen LogP contribution in [0.15, 0.2) is 18.2 Å². The molecule has 6 nitrogen and oxygen atoms in total. The van der Waals surface area contributed by atoms with Gasteiger partial charge in [0.2, 0.25) is 0 Å². The molecule has 0 spiro atoms. The minimum atomic E-state index is -0.459. The maximum absolute atomic E-state index is 12.6. The number of hydrogen-bond donors (Lipinski definition) is 0. The summed E-state index contributed by atoms with van der Waals surface area (Å²) in [7, 11) is 0. The van der Waals surface area contributed by atoms with Crippen LogP contribution in [0.1, 0.15) is 22.8 Å². The number of ether oxygens (including phenoxy) is 1. The van der Waals surface area contributed by atoms with Crippen molar-refractivity contribution in [3.63, 3.8) is 0 Å². The van der Waals surface area contributed by atoms with Crippen molar-refractivity contribution in [1.29, 1.82) is 0 Å². The maximum Gasteiger partial charge on any atom is 0.269 e. The molecule has 1 fully saturated rings. The molecule has 1 aromatic carbocycles. The SMILES string of the molecule is Cc1cc([N+](=O)[O-])ccc1C(=O)N1CC(C)OC(CBr)C1. The van der Waals surface area contributed by atoms with Crippen LogP contribution in [0, 0.1) is 17.0 Å². The van der Waals surface area contributed by atoms with E-state index in [9.17, 15) is 14.9 Å². The molecular weight excluding hydrogens is 340 g/mol. The van der Waals surface area contributed by atoms with Crippen LogP contribution in [0.3, 0.4) is 0 Å². The van der Waals surface area contributed by atoms with Crippen molar-refractivity contribution in [2.75, 3.05) is 18.4 Å². The van der Waals surface area contributed by atoms with Gasteiger partial charge in [0.15, 0.2) is 0 Å². The van der Waals surface area contributed by atoms with Crippen molar-refractivity contribution < 1.29 is 14.5 Å². The van der Waals surface area contributed by atoms with Gasteiger partial charge in [-0.05, 0) is 25.5 Å². The number of halogens is 1. The largest absolute Gasteiger partial charge is 0.371 e. The number of aryl methyl sites for hydroxylation is 1. The molecule has 114 valence electrons. The van der Waals surface area contributed by atoms with Crippen LogP contribution in [0.2, 0.25) is 0 Å². The molecule has 21 heavy (non-hydrogen) atoms. The van der Waals surface area contributed by atoms with Gasteiger partial charge in [-0.1, -0.05) is 15.9 Å². The number of carbonyl (C=O) groups excluding carboxylic acids is 1. The molecule has 1 heterocycles. The highest BCUT2D eigenvalue weighted by molar-refractivity contribution is 9.09. The lowest BCUT2D eigenvalue weighted by Crippen LogP contribution is -2.49. The number of benzene rings is 1. The number of nitro groups is 1. The summed E-state index contributed by atoms with van der Waals surface area (Å²) in [5.41, 5.74) is 1.12. The molecule has 2 rings (SSSR count). The van der Waals surface area contributed by atoms with Crippen LogP contribution in [0.5, 0.6) is 0 Å². The number of nitro benzene ring substituents is 1. The number of carbonyl (C=O) groups is 1. The van der Waals surface area contributed by atoms with Crippen molar-refractivity contribution in [3.05, 3.63) is 39.4 Å². The minimum absolute atomic E-state index is 0.00210. The molecule has 0 aromatic heterocycles. The summed E-state index contributed by atoms with van der Waals surface area (Å²) >= 11 is 3.37. The predicted octanol–water partition coefficient (Wildman–Crippen LogP) is 2.53. The molecule has 0 bridgehead atoms. The Kier molecular flexibility index (Phi) is 4.95. The number of hydrogen-bond acceptors (Lipinski definition) is 4. The van der Waals surface area contributed by atoms with Crippen LogP contribution in [0.25, 0.3) is 0 Å². The molecule has 1 aliphatic heterocycles. The molecule has 0 saturated carbocycles. The van der Waals surface area contributed by atoms with Crippen molar-refractivity contribution in [2.24, 2.45) is 0 Å². The number of morpholine rings is 1. The molecule has 1 aromatic rings. The molecule has 0 N–H and O–H groups in total. The lowest BCUT2D eigenvalue weighted by atomic mass is 10.1. The van der Waals surface area contributed by atoms with Gasteiger partial charge in [0, 0.05) is 36.1 Å². The molecular formula is C14H17BrN2O4. The molecule has 0 radical (unpaired) electrons. The zero-order valence-electron chi connectivity index (χ0n) is 11.9. The summed E-state index contributed by atoms with van der Waals surface area (Å²) in [5.74, 6) is -0.108. The Morgan fingerprint density at radius 3 is 2.81 bits per heavy atom. The second-order valence-corrected chi connectivity index (χ2v) is 5.84. The van der Waals surface area contributed by atoms with E-state index < -0.39 is 4.92 Å². The summed E-state index contributed by atoms with van der Waals surface area (Å²) in [5, 5.41) is 11.4. The molecule has 7 heteroatoms. The molecule has 0 aliphatic carbocycles. The van der Waals surface area contributed by atoms with E-state index in [1.807, 2.05) is 6.92 Å². The van der Waals surface area contributed by atoms with Crippen LogP contribution >= 0.6 is 15.9 Å². The van der Waals surface area contributed by atoms with Crippen molar-refractivity contribution in [1.82, 2.24) is 4.90 Å². The second-order valence-electron chi connectivity index (χ2n) is 5.19. The van der Waals surface area contributed by atoms with E-state index in [0.717, 1.165) is 0 Å². The summed E-state index contributed by atoms with van der Waals surface area (Å²) in [4.78, 5) is 24.6. The van der Waals surface area contributed by atoms with Crippen molar-refractivity contribution in [3.8, 4) is 0 Å². The van der Waals surface area contributed by atoms with Crippen LogP contribution in [-0.4, -0.2) is 46.4 Å². The Hall–Kier alpha value is -1.47. The Balaban J connectivity index is 2.21. The lowest BCUT2D eigenvalue weighted by Gasteiger charge is -2.36. The van der Waals surface area contributed by atoms with Gasteiger partial charge < -0.3 is 9.64 Å². The summed E-state index contributed by atoms with van der Waals surface area (Å²) < 4.78 is 5.70. The third-order valence-corrected chi connectivity index (χ3v) is 4.16. The number of non-ortho nitro benzene ring substituents is 1. The zero-order valence-corrected chi connectivity index (χ0v) is 13.5. The highest BCUT2D eigenvalue weighted by Crippen LogP contribution is 2.21. The molecule has 1 saturated heterocycles. The Morgan fingerprint density at radius 1 is 1.52 bits per heavy atom. The average Bonchev–Trinajstić information content (AvgIpc) is 2.45. The summed E-state index contributed by atoms with van der Waals surface area (Å²) in [6, 6.07) is 4.32. The van der Waals surface area contributed by atoms with E-state index in [0.29, 0.717) is 29.5 Å². The van der Waals surface area contributed by atoms with E-state index >= 15 is 0 Å². The summed E-state index contributed by atoms with van der Waals surface area (Å²) in [6.07, 6.45) is -0.0559. The van der Waals surface area contributed by atoms with Crippen molar-refractivity contribution in [2.45, 2.75) is 26.1 Å². The van der Waals surface area contributed by atoms with Crippen molar-refractivity contribution >= 4 is 27.5 Å². The fraction of sp³-hybridized carbons (Fsp3) is 0.500. The number of nitrogens with zero attached hydrogens (tertiary/aromatic N) is 2. The standard InChI is InChI=1S/C14H17BrN2O4/c1-9-5-11(17(19)20)3-4-13(9)14(18)16-7-10(2)21-12(6-15)8-16/h3-5,10,12H,6-8H2,1-2H3. The maximum atomic E-state index is 12.6. The van der Waals surface area contributed by atoms with Gasteiger partial charge in [-0.15, -0.1) is 0 Å². The van der Waals surface area contributed by atoms with Gasteiger partial charge in [0.05, 0.1) is 17.1 Å². The third-order valence-electron chi connectivity index (χ3n) is 3.44. The first-order valence-corrected chi connectivity index (χ1v) is 7.80. The van der Waals surface area contributed by atoms with E-state index in [4.69, 9.17) is 4.74 Å². The van der Waals surface area contributed by atoms with Gasteiger partial charge >= 0.3 is 0 Å². The van der Waals surface area contributed by atoms with E-state index in [1.54, 1.807) is 11.8 Å². The topological polar surface area (TPSA) is 72.7 Å². The average molecular weight is 357 g/mol. The van der Waals surface area contributed by atoms with Gasteiger partial charge in [-0.25, -0.2) is 0 Å². The quantitative estimate of drug-likeness (QED) is 0.473. The van der Waals surface area contributed by atoms with E-state index in [2.05, 4.69) is 15.9 Å². The Bertz CT molecular complexity index is 564. The normalized spacial score (nSPS) is 22.1. The predicted molar refractivity (Wildman–Crippen MR) is 81.9 cm³/mol. The van der Waals surface area contributed by atoms with Crippen LogP contribution in [0.4, 0.5) is 5.69 Å². The molecule has 2 atom stereocenters. The molecule has 1 amide bonds. The summed E-state index contributed by atoms with van der Waals surface area (Å²) in [6.45, 7) is 4.69. The first-order chi connectivity index (χ1) is 9.92. The fourth-order valence-corrected chi connectivity index (χ4v) is 2.83. The van der Waals surface area contributed by atoms with Crippen LogP contribution < -0.4 is 0 Å². The highest BCUT2D eigenvalue weighted by atomic mass is 79.9. The van der Waals surface area contributed by atoms with Gasteiger partial charge in [0.1, 0.15) is 0 Å². The second kappa shape index (κ2) is 6.53. The Morgan fingerprint density at radius 2 is 2.24 bits per heavy atom. The van der Waals surface area contributed by atoms with Gasteiger partial charge in [-0.2, -0.15) is 0 Å². The molecule has 2 unspecified atom stereocenters. The smallest absolute Gasteiger partial charge is 0.269 e. The lowest BCUT2D eigenvalue weighted by molar-refractivity contribution is -0.384. The monoisotopic (exact) mass is 356 g/mol. The highest BCUT2D eigenvalue weighted by Gasteiger charge is 2.29. The van der Waals surface area contributed by atoms with Gasteiger partial charge in [-0.3, -0.25) is 14.9 Å². The third kappa shape index (κ3) is 3.59. The Labute approximate surface area is 131 Å². The van der Waals surface area contributed by atoms with E-state index in [1.165, 1.54) is 18.2 Å². The molecule has 1 aliphatic rings. The van der Waals surface area contributed by atoms with Crippen LogP contribution in [-0.2, 0) is 4.74 Å². The fourth-order valence-electron chi connectivity index (χ4n) is 2.47. The number of alkyl halides is 1. The number of amides is 1. The minimum Gasteiger partial charge on any atom is -0.371 e. The first kappa shape index (κ1) is 15.9. The van der Waals surface area contributed by atoms with Gasteiger partial charge in [0.25, 0.3) is 11.6 Å².